The quantitative estimate of drug-likeness (QED) is 0.849. The molecule has 1 fully saturated rings. The van der Waals surface area contributed by atoms with Crippen molar-refractivity contribution in [3.8, 4) is 0 Å². The Labute approximate surface area is 152 Å². The van der Waals surface area contributed by atoms with Crippen LogP contribution in [0.15, 0.2) is 35.1 Å². The number of aryl methyl sites for hydroxylation is 1. The molecule has 7 nitrogen and oxygen atoms in total. The van der Waals surface area contributed by atoms with Crippen LogP contribution in [0, 0.1) is 5.92 Å². The molecule has 2 aromatic rings. The summed E-state index contributed by atoms with van der Waals surface area (Å²) < 4.78 is 25.2. The lowest BCUT2D eigenvalue weighted by Crippen LogP contribution is -2.43. The second kappa shape index (κ2) is 7.11. The molecule has 0 saturated carbocycles. The van der Waals surface area contributed by atoms with E-state index in [1.54, 1.807) is 17.7 Å². The van der Waals surface area contributed by atoms with E-state index in [2.05, 4.69) is 5.32 Å². The van der Waals surface area contributed by atoms with Crippen molar-refractivity contribution in [1.82, 2.24) is 14.8 Å². The summed E-state index contributed by atoms with van der Waals surface area (Å²) in [6, 6.07) is 9.00. The number of pyridine rings is 1. The zero-order valence-electron chi connectivity index (χ0n) is 14.9. The average molecular weight is 377 g/mol. The van der Waals surface area contributed by atoms with Crippen molar-refractivity contribution in [2.75, 3.05) is 24.6 Å². The minimum absolute atomic E-state index is 0.0253. The largest absolute Gasteiger partial charge is 0.334 e. The first-order valence-corrected chi connectivity index (χ1v) is 10.4. The predicted octanol–water partition coefficient (Wildman–Crippen LogP) is 1.11. The third-order valence-electron chi connectivity index (χ3n) is 4.67. The number of aromatic nitrogens is 1. The lowest BCUT2D eigenvalue weighted by molar-refractivity contribution is 0.195. The number of hydrogen-bond acceptors (Lipinski definition) is 4. The van der Waals surface area contributed by atoms with Crippen LogP contribution in [0.4, 0.5) is 4.79 Å². The summed E-state index contributed by atoms with van der Waals surface area (Å²) in [6.45, 7) is 2.49. The molecule has 1 N–H and O–H groups in total. The lowest BCUT2D eigenvalue weighted by Gasteiger charge is -2.22. The van der Waals surface area contributed by atoms with Gasteiger partial charge in [0.25, 0.3) is 5.56 Å². The standard InChI is InChI=1S/C18H23N3O4S/c1-13-11-21(7-8-26(24,25)12-13)18(23)19-10-15-9-14-5-3-4-6-16(14)20(2)17(15)22/h3-6,9,13H,7-8,10-12H2,1-2H3,(H,19,23). The minimum Gasteiger partial charge on any atom is -0.334 e. The second-order valence-electron chi connectivity index (χ2n) is 6.92. The molecule has 0 bridgehead atoms. The Bertz CT molecular complexity index is 997. The Hall–Kier alpha value is -2.35. The van der Waals surface area contributed by atoms with Crippen molar-refractivity contribution in [2.24, 2.45) is 13.0 Å². The monoisotopic (exact) mass is 377 g/mol. The fourth-order valence-electron chi connectivity index (χ4n) is 3.37. The summed E-state index contributed by atoms with van der Waals surface area (Å²) in [7, 11) is -1.41. The van der Waals surface area contributed by atoms with Crippen molar-refractivity contribution in [3.63, 3.8) is 0 Å². The third kappa shape index (κ3) is 3.90. The number of hydrogen-bond donors (Lipinski definition) is 1. The number of nitrogens with one attached hydrogen (secondary N) is 1. The zero-order chi connectivity index (χ0) is 18.9. The molecule has 1 aromatic carbocycles. The molecule has 26 heavy (non-hydrogen) atoms. The molecule has 0 aliphatic carbocycles. The molecule has 2 amide bonds. The summed E-state index contributed by atoms with van der Waals surface area (Å²) in [5.41, 5.74) is 1.17. The van der Waals surface area contributed by atoms with Gasteiger partial charge >= 0.3 is 6.03 Å². The fraction of sp³-hybridized carbons (Fsp3) is 0.444. The van der Waals surface area contributed by atoms with Gasteiger partial charge in [-0.05, 0) is 23.4 Å². The first kappa shape index (κ1) is 18.4. The number of sulfone groups is 1. The van der Waals surface area contributed by atoms with E-state index in [4.69, 9.17) is 0 Å². The van der Waals surface area contributed by atoms with Crippen LogP contribution in [0.5, 0.6) is 0 Å². The number of rotatable bonds is 2. The molecule has 1 unspecified atom stereocenters. The maximum Gasteiger partial charge on any atom is 0.317 e. The number of nitrogens with zero attached hydrogens (tertiary/aromatic N) is 2. The topological polar surface area (TPSA) is 88.5 Å². The Balaban J connectivity index is 1.75. The van der Waals surface area contributed by atoms with E-state index in [-0.39, 0.29) is 42.1 Å². The molecule has 3 rings (SSSR count). The molecule has 0 spiro atoms. The van der Waals surface area contributed by atoms with Gasteiger partial charge in [-0.15, -0.1) is 0 Å². The van der Waals surface area contributed by atoms with E-state index in [1.807, 2.05) is 31.2 Å². The molecule has 1 saturated heterocycles. The van der Waals surface area contributed by atoms with Gasteiger partial charge in [-0.3, -0.25) is 4.79 Å². The van der Waals surface area contributed by atoms with Gasteiger partial charge in [0, 0.05) is 32.2 Å². The molecule has 1 aromatic heterocycles. The molecule has 0 radical (unpaired) electrons. The van der Waals surface area contributed by atoms with Gasteiger partial charge in [-0.1, -0.05) is 25.1 Å². The molecule has 140 valence electrons. The smallest absolute Gasteiger partial charge is 0.317 e. The van der Waals surface area contributed by atoms with Crippen molar-refractivity contribution < 1.29 is 13.2 Å². The Kier molecular flexibility index (Phi) is 5.04. The first-order valence-electron chi connectivity index (χ1n) is 8.58. The van der Waals surface area contributed by atoms with Crippen LogP contribution in [0.25, 0.3) is 10.9 Å². The SMILES string of the molecule is CC1CN(C(=O)NCc2cc3ccccc3n(C)c2=O)CCS(=O)(=O)C1. The highest BCUT2D eigenvalue weighted by atomic mass is 32.2. The Morgan fingerprint density at radius 1 is 1.31 bits per heavy atom. The molecule has 8 heteroatoms. The van der Waals surface area contributed by atoms with Crippen LogP contribution >= 0.6 is 0 Å². The third-order valence-corrected chi connectivity index (χ3v) is 6.55. The number of amides is 2. The second-order valence-corrected chi connectivity index (χ2v) is 9.15. The Morgan fingerprint density at radius 2 is 2.04 bits per heavy atom. The predicted molar refractivity (Wildman–Crippen MR) is 101 cm³/mol. The van der Waals surface area contributed by atoms with Crippen molar-refractivity contribution in [1.29, 1.82) is 0 Å². The average Bonchev–Trinajstić information content (AvgIpc) is 2.73. The highest BCUT2D eigenvalue weighted by molar-refractivity contribution is 7.91. The van der Waals surface area contributed by atoms with E-state index >= 15 is 0 Å². The van der Waals surface area contributed by atoms with Gasteiger partial charge in [-0.25, -0.2) is 13.2 Å². The normalized spacial score (nSPS) is 19.9. The zero-order valence-corrected chi connectivity index (χ0v) is 15.8. The summed E-state index contributed by atoms with van der Waals surface area (Å²) in [5, 5.41) is 3.68. The van der Waals surface area contributed by atoms with Crippen molar-refractivity contribution >= 4 is 26.8 Å². The number of carbonyl (C=O) groups is 1. The summed E-state index contributed by atoms with van der Waals surface area (Å²) >= 11 is 0. The molecular formula is C18H23N3O4S. The molecule has 1 aliphatic rings. The minimum atomic E-state index is -3.11. The van der Waals surface area contributed by atoms with Crippen molar-refractivity contribution in [3.05, 3.63) is 46.2 Å². The van der Waals surface area contributed by atoms with Crippen LogP contribution in [-0.2, 0) is 23.4 Å². The van der Waals surface area contributed by atoms with Crippen LogP contribution in [0.1, 0.15) is 12.5 Å². The number of carbonyl (C=O) groups excluding carboxylic acids is 1. The van der Waals surface area contributed by atoms with Crippen LogP contribution in [0.2, 0.25) is 0 Å². The summed E-state index contributed by atoms with van der Waals surface area (Å²) in [4.78, 5) is 26.4. The lowest BCUT2D eigenvalue weighted by atomic mass is 10.1. The van der Waals surface area contributed by atoms with Gasteiger partial charge < -0.3 is 14.8 Å². The van der Waals surface area contributed by atoms with Crippen LogP contribution in [0.3, 0.4) is 0 Å². The van der Waals surface area contributed by atoms with Gasteiger partial charge in [-0.2, -0.15) is 0 Å². The van der Waals surface area contributed by atoms with E-state index in [0.717, 1.165) is 10.9 Å². The van der Waals surface area contributed by atoms with E-state index in [0.29, 0.717) is 12.1 Å². The maximum absolute atomic E-state index is 12.5. The number of fused-ring (bicyclic) bond motifs is 1. The number of para-hydroxylation sites is 1. The maximum atomic E-state index is 12.5. The van der Waals surface area contributed by atoms with Gasteiger partial charge in [0.2, 0.25) is 0 Å². The number of urea groups is 1. The fourth-order valence-corrected chi connectivity index (χ4v) is 5.01. The highest BCUT2D eigenvalue weighted by Gasteiger charge is 2.26. The van der Waals surface area contributed by atoms with Crippen molar-refractivity contribution in [2.45, 2.75) is 13.5 Å². The molecular weight excluding hydrogens is 354 g/mol. The highest BCUT2D eigenvalue weighted by Crippen LogP contribution is 2.13. The Morgan fingerprint density at radius 3 is 2.81 bits per heavy atom. The summed E-state index contributed by atoms with van der Waals surface area (Å²) in [5.74, 6) is -0.0355. The van der Waals surface area contributed by atoms with Gasteiger partial charge in [0.05, 0.1) is 17.0 Å². The van der Waals surface area contributed by atoms with Crippen LogP contribution < -0.4 is 10.9 Å². The molecule has 1 aliphatic heterocycles. The van der Waals surface area contributed by atoms with E-state index in [1.165, 1.54) is 4.90 Å². The van der Waals surface area contributed by atoms with E-state index in [9.17, 15) is 18.0 Å². The van der Waals surface area contributed by atoms with Crippen LogP contribution in [-0.4, -0.2) is 48.5 Å². The van der Waals surface area contributed by atoms with Gasteiger partial charge in [0.1, 0.15) is 0 Å². The van der Waals surface area contributed by atoms with Gasteiger partial charge in [0.15, 0.2) is 9.84 Å². The van der Waals surface area contributed by atoms with E-state index < -0.39 is 9.84 Å². The summed E-state index contributed by atoms with van der Waals surface area (Å²) in [6.07, 6.45) is 0. The number of benzene rings is 1. The first-order chi connectivity index (χ1) is 12.3. The molecule has 2 heterocycles. The molecule has 1 atom stereocenters.